The largest absolute Gasteiger partial charge is 0.493 e. The van der Waals surface area contributed by atoms with Crippen LogP contribution in [0, 0.1) is 0 Å². The van der Waals surface area contributed by atoms with Crippen LogP contribution >= 0.6 is 0 Å². The highest BCUT2D eigenvalue weighted by atomic mass is 32.2. The first-order valence-corrected chi connectivity index (χ1v) is 11.2. The van der Waals surface area contributed by atoms with Crippen molar-refractivity contribution in [1.82, 2.24) is 0 Å². The molecule has 0 saturated heterocycles. The number of carbonyl (C=O) groups excluding carboxylic acids is 1. The van der Waals surface area contributed by atoms with Crippen LogP contribution in [0.25, 0.3) is 11.0 Å². The van der Waals surface area contributed by atoms with Crippen molar-refractivity contribution >= 4 is 32.5 Å². The predicted octanol–water partition coefficient (Wildman–Crippen LogP) is 3.84. The lowest BCUT2D eigenvalue weighted by Gasteiger charge is -2.11. The normalized spacial score (nSPS) is 11.2. The topological polar surface area (TPSA) is 112 Å². The summed E-state index contributed by atoms with van der Waals surface area (Å²) in [6, 6.07) is 18.4. The van der Waals surface area contributed by atoms with Gasteiger partial charge in [-0.3, -0.25) is 9.52 Å². The second-order valence-corrected chi connectivity index (χ2v) is 8.68. The number of anilines is 1. The lowest BCUT2D eigenvalue weighted by molar-refractivity contribution is 0.103. The first-order valence-electron chi connectivity index (χ1n) is 9.75. The quantitative estimate of drug-likeness (QED) is 0.326. The van der Waals surface area contributed by atoms with Gasteiger partial charge in [-0.05, 0) is 42.5 Å². The van der Waals surface area contributed by atoms with Crippen LogP contribution in [0.1, 0.15) is 15.9 Å². The van der Waals surface area contributed by atoms with Gasteiger partial charge >= 0.3 is 5.63 Å². The van der Waals surface area contributed by atoms with Crippen LogP contribution in [0.15, 0.2) is 86.9 Å². The Labute approximate surface area is 189 Å². The third-order valence-electron chi connectivity index (χ3n) is 4.92. The minimum Gasteiger partial charge on any atom is -0.493 e. The standard InChI is InChI=1S/C24H19NO7S/c1-30-20-12-11-16-14-19(24(27)32-22(16)23(20)31-2)21(26)15-7-6-8-17(13-15)25-33(28,29)18-9-4-3-5-10-18/h3-14,25H,1-2H3. The molecule has 9 heteroatoms. The Morgan fingerprint density at radius 2 is 1.67 bits per heavy atom. The van der Waals surface area contributed by atoms with Gasteiger partial charge in [-0.2, -0.15) is 0 Å². The molecular formula is C24H19NO7S. The van der Waals surface area contributed by atoms with Crippen molar-refractivity contribution in [3.63, 3.8) is 0 Å². The number of nitrogens with one attached hydrogen (secondary N) is 1. The number of methoxy groups -OCH3 is 2. The minimum atomic E-state index is -3.84. The molecule has 0 bridgehead atoms. The van der Waals surface area contributed by atoms with Crippen molar-refractivity contribution in [2.75, 3.05) is 18.9 Å². The van der Waals surface area contributed by atoms with E-state index in [1.165, 1.54) is 56.7 Å². The van der Waals surface area contributed by atoms with Crippen molar-refractivity contribution in [3.05, 3.63) is 94.3 Å². The van der Waals surface area contributed by atoms with E-state index in [4.69, 9.17) is 13.9 Å². The zero-order valence-corrected chi connectivity index (χ0v) is 18.5. The Balaban J connectivity index is 1.70. The molecule has 3 aromatic carbocycles. The van der Waals surface area contributed by atoms with E-state index < -0.39 is 21.4 Å². The van der Waals surface area contributed by atoms with Crippen molar-refractivity contribution in [2.45, 2.75) is 4.90 Å². The highest BCUT2D eigenvalue weighted by Gasteiger charge is 2.20. The van der Waals surface area contributed by atoms with E-state index in [1.54, 1.807) is 30.3 Å². The highest BCUT2D eigenvalue weighted by Crippen LogP contribution is 2.35. The van der Waals surface area contributed by atoms with Crippen LogP contribution in [-0.2, 0) is 10.0 Å². The van der Waals surface area contributed by atoms with Gasteiger partial charge in [-0.1, -0.05) is 30.3 Å². The first-order chi connectivity index (χ1) is 15.8. The molecule has 4 aromatic rings. The predicted molar refractivity (Wildman–Crippen MR) is 123 cm³/mol. The van der Waals surface area contributed by atoms with Crippen LogP contribution in [0.4, 0.5) is 5.69 Å². The summed E-state index contributed by atoms with van der Waals surface area (Å²) < 4.78 is 43.5. The lowest BCUT2D eigenvalue weighted by Crippen LogP contribution is -2.16. The van der Waals surface area contributed by atoms with E-state index >= 15 is 0 Å². The van der Waals surface area contributed by atoms with E-state index in [0.717, 1.165) is 0 Å². The summed E-state index contributed by atoms with van der Waals surface area (Å²) in [5, 5.41) is 0.469. The van der Waals surface area contributed by atoms with Gasteiger partial charge in [0.2, 0.25) is 5.75 Å². The summed E-state index contributed by atoms with van der Waals surface area (Å²) >= 11 is 0. The molecule has 8 nitrogen and oxygen atoms in total. The van der Waals surface area contributed by atoms with Gasteiger partial charge in [0.1, 0.15) is 5.56 Å². The molecule has 0 saturated carbocycles. The van der Waals surface area contributed by atoms with Crippen molar-refractivity contribution in [1.29, 1.82) is 0 Å². The molecule has 0 fully saturated rings. The van der Waals surface area contributed by atoms with Gasteiger partial charge in [-0.15, -0.1) is 0 Å². The molecule has 0 aliphatic carbocycles. The molecule has 0 radical (unpaired) electrons. The van der Waals surface area contributed by atoms with E-state index in [-0.39, 0.29) is 33.0 Å². The molecule has 33 heavy (non-hydrogen) atoms. The summed E-state index contributed by atoms with van der Waals surface area (Å²) in [5.41, 5.74) is -0.591. The molecule has 0 amide bonds. The van der Waals surface area contributed by atoms with Crippen LogP contribution in [-0.4, -0.2) is 28.4 Å². The molecule has 0 atom stereocenters. The van der Waals surface area contributed by atoms with Crippen molar-refractivity contribution in [3.8, 4) is 11.5 Å². The Kier molecular flexibility index (Phi) is 5.89. The second-order valence-electron chi connectivity index (χ2n) is 7.00. The molecular weight excluding hydrogens is 446 g/mol. The summed E-state index contributed by atoms with van der Waals surface area (Å²) in [4.78, 5) is 25.8. The average Bonchev–Trinajstić information content (AvgIpc) is 2.83. The lowest BCUT2D eigenvalue weighted by atomic mass is 10.0. The maximum atomic E-state index is 13.1. The van der Waals surface area contributed by atoms with E-state index in [2.05, 4.69) is 4.72 Å². The summed E-state index contributed by atoms with van der Waals surface area (Å²) in [6.45, 7) is 0. The van der Waals surface area contributed by atoms with Gasteiger partial charge < -0.3 is 13.9 Å². The third kappa shape index (κ3) is 4.31. The zero-order chi connectivity index (χ0) is 23.6. The van der Waals surface area contributed by atoms with Crippen LogP contribution in [0.3, 0.4) is 0 Å². The number of carbonyl (C=O) groups is 1. The van der Waals surface area contributed by atoms with Crippen LogP contribution < -0.4 is 19.8 Å². The number of rotatable bonds is 7. The molecule has 168 valence electrons. The third-order valence-corrected chi connectivity index (χ3v) is 6.32. The Morgan fingerprint density at radius 3 is 2.36 bits per heavy atom. The molecule has 0 unspecified atom stereocenters. The van der Waals surface area contributed by atoms with Crippen molar-refractivity contribution < 1.29 is 27.1 Å². The van der Waals surface area contributed by atoms with E-state index in [0.29, 0.717) is 11.1 Å². The summed E-state index contributed by atoms with van der Waals surface area (Å²) in [5.74, 6) is 0.00948. The van der Waals surface area contributed by atoms with Gasteiger partial charge in [0, 0.05) is 16.6 Å². The second kappa shape index (κ2) is 8.79. The van der Waals surface area contributed by atoms with Gasteiger partial charge in [0.05, 0.1) is 19.1 Å². The minimum absolute atomic E-state index is 0.0845. The Bertz CT molecular complexity index is 1510. The molecule has 0 aliphatic heterocycles. The number of ether oxygens (including phenoxy) is 2. The number of sulfonamides is 1. The first kappa shape index (κ1) is 22.1. The van der Waals surface area contributed by atoms with Crippen LogP contribution in [0.5, 0.6) is 11.5 Å². The Hall–Kier alpha value is -4.11. The fraction of sp³-hybridized carbons (Fsp3) is 0.0833. The summed E-state index contributed by atoms with van der Waals surface area (Å²) in [6.07, 6.45) is 0. The fourth-order valence-electron chi connectivity index (χ4n) is 3.35. The number of hydrogen-bond acceptors (Lipinski definition) is 7. The van der Waals surface area contributed by atoms with Gasteiger partial charge in [0.15, 0.2) is 17.1 Å². The number of benzene rings is 3. The van der Waals surface area contributed by atoms with Crippen molar-refractivity contribution in [2.24, 2.45) is 0 Å². The van der Waals surface area contributed by atoms with Gasteiger partial charge in [-0.25, -0.2) is 13.2 Å². The Morgan fingerprint density at radius 1 is 0.909 bits per heavy atom. The summed E-state index contributed by atoms with van der Waals surface area (Å²) in [7, 11) is -0.967. The molecule has 1 heterocycles. The number of hydrogen-bond donors (Lipinski definition) is 1. The molecule has 1 N–H and O–H groups in total. The van der Waals surface area contributed by atoms with Gasteiger partial charge in [0.25, 0.3) is 10.0 Å². The molecule has 0 aliphatic rings. The smallest absolute Gasteiger partial charge is 0.347 e. The highest BCUT2D eigenvalue weighted by molar-refractivity contribution is 7.92. The average molecular weight is 465 g/mol. The molecule has 0 spiro atoms. The number of fused-ring (bicyclic) bond motifs is 1. The maximum absolute atomic E-state index is 13.1. The molecule has 4 rings (SSSR count). The zero-order valence-electron chi connectivity index (χ0n) is 17.7. The van der Waals surface area contributed by atoms with E-state index in [9.17, 15) is 18.0 Å². The van der Waals surface area contributed by atoms with Crippen LogP contribution in [0.2, 0.25) is 0 Å². The number of ketones is 1. The maximum Gasteiger partial charge on any atom is 0.347 e. The van der Waals surface area contributed by atoms with E-state index in [1.807, 2.05) is 0 Å². The SMILES string of the molecule is COc1ccc2cc(C(=O)c3cccc(NS(=O)(=O)c4ccccc4)c3)c(=O)oc2c1OC. The monoisotopic (exact) mass is 465 g/mol. The molecule has 1 aromatic heterocycles. The fourth-order valence-corrected chi connectivity index (χ4v) is 4.42.